The lowest BCUT2D eigenvalue weighted by molar-refractivity contribution is 0.0841. The molecule has 3 aromatic rings. The molecule has 0 aliphatic carbocycles. The van der Waals surface area contributed by atoms with Crippen LogP contribution >= 0.6 is 23.2 Å². The zero-order valence-electron chi connectivity index (χ0n) is 14.6. The second-order valence-electron chi connectivity index (χ2n) is 6.23. The van der Waals surface area contributed by atoms with Gasteiger partial charge >= 0.3 is 0 Å². The molecule has 0 N–H and O–H groups in total. The molecule has 0 bridgehead atoms. The molecule has 1 aromatic heterocycles. The van der Waals surface area contributed by atoms with Gasteiger partial charge in [-0.05, 0) is 36.4 Å². The van der Waals surface area contributed by atoms with Crippen molar-refractivity contribution in [3.63, 3.8) is 0 Å². The second-order valence-corrected chi connectivity index (χ2v) is 9.02. The number of hydrogen-bond donors (Lipinski definition) is 0. The van der Waals surface area contributed by atoms with E-state index < -0.39 is 9.84 Å². The fraction of sp³-hybridized carbons (Fsp3) is 0.158. The van der Waals surface area contributed by atoms with Crippen LogP contribution < -0.4 is 0 Å². The molecule has 140 valence electrons. The van der Waals surface area contributed by atoms with Gasteiger partial charge in [0.1, 0.15) is 4.90 Å². The molecule has 8 heteroatoms. The number of carbonyl (C=O) groups is 1. The molecule has 0 amide bonds. The number of halogens is 2. The molecule has 0 saturated carbocycles. The molecular formula is C19H16Cl2N2O3S. The fourth-order valence-corrected chi connectivity index (χ4v) is 4.20. The Balaban J connectivity index is 2.26. The van der Waals surface area contributed by atoms with Crippen molar-refractivity contribution in [2.24, 2.45) is 5.92 Å². The minimum Gasteiger partial charge on any atom is -0.272 e. The lowest BCUT2D eigenvalue weighted by atomic mass is 10.1. The standard InChI is InChI=1S/C19H16Cl2N2O3S/c1-12(2)19(24)23-18(13-3-5-14(20)6-4-13)17(11-22-23)27(25,26)16-9-7-15(21)8-10-16/h3-12H,1-2H3. The average molecular weight is 423 g/mol. The van der Waals surface area contributed by atoms with Crippen LogP contribution in [0, 0.1) is 5.92 Å². The number of benzene rings is 2. The lowest BCUT2D eigenvalue weighted by Gasteiger charge is -2.11. The zero-order valence-corrected chi connectivity index (χ0v) is 16.9. The SMILES string of the molecule is CC(C)C(=O)n1ncc(S(=O)(=O)c2ccc(Cl)cc2)c1-c1ccc(Cl)cc1. The molecule has 0 fully saturated rings. The Morgan fingerprint density at radius 3 is 2.00 bits per heavy atom. The summed E-state index contributed by atoms with van der Waals surface area (Å²) in [5.74, 6) is -0.667. The van der Waals surface area contributed by atoms with Crippen LogP contribution in [0.25, 0.3) is 11.3 Å². The van der Waals surface area contributed by atoms with Crippen LogP contribution in [0.3, 0.4) is 0 Å². The molecule has 0 spiro atoms. The monoisotopic (exact) mass is 422 g/mol. The van der Waals surface area contributed by atoms with E-state index in [4.69, 9.17) is 23.2 Å². The molecule has 0 radical (unpaired) electrons. The van der Waals surface area contributed by atoms with E-state index in [9.17, 15) is 13.2 Å². The third kappa shape index (κ3) is 3.78. The van der Waals surface area contributed by atoms with Gasteiger partial charge in [0, 0.05) is 21.5 Å². The number of nitrogens with zero attached hydrogens (tertiary/aromatic N) is 2. The van der Waals surface area contributed by atoms with Gasteiger partial charge in [-0.1, -0.05) is 49.2 Å². The highest BCUT2D eigenvalue weighted by Crippen LogP contribution is 2.33. The molecule has 0 aliphatic rings. The molecule has 0 aliphatic heterocycles. The minimum atomic E-state index is -3.91. The van der Waals surface area contributed by atoms with Crippen molar-refractivity contribution in [3.05, 3.63) is 64.8 Å². The quantitative estimate of drug-likeness (QED) is 0.593. The highest BCUT2D eigenvalue weighted by molar-refractivity contribution is 7.91. The van der Waals surface area contributed by atoms with Crippen molar-refractivity contribution in [1.29, 1.82) is 0 Å². The Labute approximate surface area is 167 Å². The van der Waals surface area contributed by atoms with Gasteiger partial charge in [0.2, 0.25) is 15.7 Å². The van der Waals surface area contributed by atoms with E-state index in [-0.39, 0.29) is 27.3 Å². The van der Waals surface area contributed by atoms with E-state index >= 15 is 0 Å². The predicted octanol–water partition coefficient (Wildman–Crippen LogP) is 4.99. The zero-order chi connectivity index (χ0) is 19.8. The average Bonchev–Trinajstić information content (AvgIpc) is 3.07. The lowest BCUT2D eigenvalue weighted by Crippen LogP contribution is -2.19. The van der Waals surface area contributed by atoms with Gasteiger partial charge in [-0.2, -0.15) is 9.78 Å². The van der Waals surface area contributed by atoms with Gasteiger partial charge < -0.3 is 0 Å². The molecule has 27 heavy (non-hydrogen) atoms. The third-order valence-electron chi connectivity index (χ3n) is 3.97. The first-order chi connectivity index (χ1) is 12.7. The Morgan fingerprint density at radius 1 is 0.963 bits per heavy atom. The van der Waals surface area contributed by atoms with E-state index in [0.717, 1.165) is 4.68 Å². The van der Waals surface area contributed by atoms with Crippen LogP contribution in [0.5, 0.6) is 0 Å². The maximum atomic E-state index is 13.2. The maximum Gasteiger partial charge on any atom is 0.250 e. The summed E-state index contributed by atoms with van der Waals surface area (Å²) >= 11 is 11.8. The van der Waals surface area contributed by atoms with Crippen LogP contribution in [0.4, 0.5) is 0 Å². The predicted molar refractivity (Wildman–Crippen MR) is 105 cm³/mol. The molecule has 1 heterocycles. The number of rotatable bonds is 4. The summed E-state index contributed by atoms with van der Waals surface area (Å²) in [5.41, 5.74) is 0.735. The first-order valence-corrected chi connectivity index (χ1v) is 10.3. The number of sulfone groups is 1. The van der Waals surface area contributed by atoms with Crippen molar-refractivity contribution < 1.29 is 13.2 Å². The van der Waals surface area contributed by atoms with Gasteiger partial charge in [-0.25, -0.2) is 8.42 Å². The van der Waals surface area contributed by atoms with E-state index in [2.05, 4.69) is 5.10 Å². The van der Waals surface area contributed by atoms with Crippen molar-refractivity contribution in [2.45, 2.75) is 23.6 Å². The molecular weight excluding hydrogens is 407 g/mol. The highest BCUT2D eigenvalue weighted by Gasteiger charge is 2.29. The third-order valence-corrected chi connectivity index (χ3v) is 6.24. The summed E-state index contributed by atoms with van der Waals surface area (Å²) in [7, 11) is -3.91. The first kappa shape index (κ1) is 19.6. The van der Waals surface area contributed by atoms with Gasteiger partial charge in [-0.15, -0.1) is 0 Å². The number of hydrogen-bond acceptors (Lipinski definition) is 4. The summed E-state index contributed by atoms with van der Waals surface area (Å²) in [6, 6.07) is 12.4. The van der Waals surface area contributed by atoms with Crippen LogP contribution in [-0.2, 0) is 9.84 Å². The smallest absolute Gasteiger partial charge is 0.250 e. The Morgan fingerprint density at radius 2 is 1.48 bits per heavy atom. The summed E-state index contributed by atoms with van der Waals surface area (Å²) in [6.45, 7) is 3.45. The summed E-state index contributed by atoms with van der Waals surface area (Å²) < 4.78 is 27.5. The van der Waals surface area contributed by atoms with Gasteiger partial charge in [0.05, 0.1) is 16.8 Å². The first-order valence-electron chi connectivity index (χ1n) is 8.10. The summed E-state index contributed by atoms with van der Waals surface area (Å²) in [6.07, 6.45) is 1.20. The van der Waals surface area contributed by atoms with Crippen LogP contribution in [-0.4, -0.2) is 24.1 Å². The van der Waals surface area contributed by atoms with Crippen molar-refractivity contribution in [2.75, 3.05) is 0 Å². The van der Waals surface area contributed by atoms with Gasteiger partial charge in [0.15, 0.2) is 0 Å². The number of aromatic nitrogens is 2. The summed E-state index contributed by atoms with van der Waals surface area (Å²) in [5, 5.41) is 5.00. The number of carbonyl (C=O) groups excluding carboxylic acids is 1. The van der Waals surface area contributed by atoms with Crippen LogP contribution in [0.1, 0.15) is 18.6 Å². The molecule has 0 atom stereocenters. The fourth-order valence-electron chi connectivity index (χ4n) is 2.55. The molecule has 5 nitrogen and oxygen atoms in total. The van der Waals surface area contributed by atoms with E-state index in [1.807, 2.05) is 0 Å². The Bertz CT molecular complexity index is 1090. The van der Waals surface area contributed by atoms with E-state index in [1.165, 1.54) is 30.5 Å². The van der Waals surface area contributed by atoms with Crippen molar-refractivity contribution in [1.82, 2.24) is 9.78 Å². The van der Waals surface area contributed by atoms with E-state index in [1.54, 1.807) is 38.1 Å². The van der Waals surface area contributed by atoms with Crippen LogP contribution in [0.2, 0.25) is 10.0 Å². The Hall–Kier alpha value is -2.15. The minimum absolute atomic E-state index is 0.0545. The normalized spacial score (nSPS) is 11.7. The largest absolute Gasteiger partial charge is 0.272 e. The Kier molecular flexibility index (Phi) is 5.42. The maximum absolute atomic E-state index is 13.2. The van der Waals surface area contributed by atoms with Gasteiger partial charge in [0.25, 0.3) is 0 Å². The molecule has 0 saturated heterocycles. The molecule has 3 rings (SSSR count). The van der Waals surface area contributed by atoms with E-state index in [0.29, 0.717) is 15.6 Å². The van der Waals surface area contributed by atoms with Crippen molar-refractivity contribution >= 4 is 38.9 Å². The molecule has 2 aromatic carbocycles. The van der Waals surface area contributed by atoms with Crippen molar-refractivity contribution in [3.8, 4) is 11.3 Å². The second kappa shape index (κ2) is 7.46. The van der Waals surface area contributed by atoms with Crippen LogP contribution in [0.15, 0.2) is 64.5 Å². The summed E-state index contributed by atoms with van der Waals surface area (Å²) in [4.78, 5) is 12.6. The highest BCUT2D eigenvalue weighted by atomic mass is 35.5. The topological polar surface area (TPSA) is 69.0 Å². The molecule has 0 unspecified atom stereocenters. The van der Waals surface area contributed by atoms with Gasteiger partial charge in [-0.3, -0.25) is 4.79 Å².